The van der Waals surface area contributed by atoms with E-state index in [-0.39, 0.29) is 12.3 Å². The largest absolute Gasteiger partial charge is 0.481 e. The van der Waals surface area contributed by atoms with Crippen molar-refractivity contribution >= 4 is 15.8 Å². The molecule has 0 aliphatic carbocycles. The highest BCUT2D eigenvalue weighted by Gasteiger charge is 2.02. The number of aromatic nitrogens is 1. The molecule has 0 unspecified atom stereocenters. The first-order chi connectivity index (χ1) is 7.01. The van der Waals surface area contributed by atoms with Crippen LogP contribution in [0.15, 0.2) is 18.2 Å². The molecule has 0 amide bonds. The van der Waals surface area contributed by atoms with E-state index in [0.717, 1.165) is 0 Å². The number of primary sulfonamides is 1. The molecule has 15 heavy (non-hydrogen) atoms. The van der Waals surface area contributed by atoms with Crippen LogP contribution in [0.4, 0.5) is 5.82 Å². The first-order valence-corrected chi connectivity index (χ1v) is 5.98. The van der Waals surface area contributed by atoms with Crippen LogP contribution in [-0.2, 0) is 10.0 Å². The Bertz CT molecular complexity index is 419. The number of nitrogens with one attached hydrogen (secondary N) is 1. The number of sulfonamides is 1. The second-order valence-corrected chi connectivity index (χ2v) is 4.59. The van der Waals surface area contributed by atoms with Gasteiger partial charge in [0.05, 0.1) is 12.9 Å². The van der Waals surface area contributed by atoms with Gasteiger partial charge in [-0.05, 0) is 6.07 Å². The number of hydrogen-bond donors (Lipinski definition) is 2. The molecular formula is C8H13N3O3S. The van der Waals surface area contributed by atoms with E-state index in [1.165, 1.54) is 7.11 Å². The van der Waals surface area contributed by atoms with Crippen molar-refractivity contribution in [3.05, 3.63) is 18.2 Å². The van der Waals surface area contributed by atoms with E-state index < -0.39 is 10.0 Å². The molecule has 0 saturated carbocycles. The topological polar surface area (TPSA) is 94.3 Å². The summed E-state index contributed by atoms with van der Waals surface area (Å²) in [7, 11) is -1.92. The summed E-state index contributed by atoms with van der Waals surface area (Å²) in [5, 5.41) is 7.67. The van der Waals surface area contributed by atoms with Crippen LogP contribution in [0.2, 0.25) is 0 Å². The SMILES string of the molecule is COc1cccc(NCCS(N)(=O)=O)n1. The van der Waals surface area contributed by atoms with Crippen molar-refractivity contribution in [2.45, 2.75) is 0 Å². The van der Waals surface area contributed by atoms with Gasteiger partial charge in [0.25, 0.3) is 0 Å². The van der Waals surface area contributed by atoms with Gasteiger partial charge in [-0.25, -0.2) is 13.6 Å². The van der Waals surface area contributed by atoms with E-state index in [9.17, 15) is 8.42 Å². The van der Waals surface area contributed by atoms with Gasteiger partial charge in [0.2, 0.25) is 15.9 Å². The van der Waals surface area contributed by atoms with Gasteiger partial charge >= 0.3 is 0 Å². The molecule has 0 aliphatic heterocycles. The number of nitrogens with two attached hydrogens (primary N) is 1. The molecule has 0 fully saturated rings. The molecule has 1 aromatic heterocycles. The van der Waals surface area contributed by atoms with Crippen LogP contribution in [0.1, 0.15) is 0 Å². The van der Waals surface area contributed by atoms with Gasteiger partial charge in [-0.2, -0.15) is 4.98 Å². The van der Waals surface area contributed by atoms with Crippen LogP contribution in [0, 0.1) is 0 Å². The second-order valence-electron chi connectivity index (χ2n) is 2.86. The van der Waals surface area contributed by atoms with Crippen molar-refractivity contribution in [2.75, 3.05) is 24.7 Å². The number of methoxy groups -OCH3 is 1. The molecule has 1 rings (SSSR count). The molecule has 0 aliphatic rings. The number of hydrogen-bond acceptors (Lipinski definition) is 5. The monoisotopic (exact) mass is 231 g/mol. The summed E-state index contributed by atoms with van der Waals surface area (Å²) in [6.45, 7) is 0.221. The summed E-state index contributed by atoms with van der Waals surface area (Å²) in [5.41, 5.74) is 0. The molecule has 0 atom stereocenters. The Hall–Kier alpha value is -1.34. The van der Waals surface area contributed by atoms with E-state index in [1.807, 2.05) is 0 Å². The molecule has 0 aromatic carbocycles. The zero-order valence-corrected chi connectivity index (χ0v) is 9.12. The lowest BCUT2D eigenvalue weighted by atomic mass is 10.4. The second kappa shape index (κ2) is 4.94. The fourth-order valence-corrected chi connectivity index (χ4v) is 1.33. The molecule has 0 radical (unpaired) electrons. The Morgan fingerprint density at radius 3 is 2.87 bits per heavy atom. The quantitative estimate of drug-likeness (QED) is 0.731. The fraction of sp³-hybridized carbons (Fsp3) is 0.375. The molecule has 84 valence electrons. The lowest BCUT2D eigenvalue weighted by Gasteiger charge is -2.05. The van der Waals surface area contributed by atoms with Crippen molar-refractivity contribution in [2.24, 2.45) is 5.14 Å². The molecule has 0 spiro atoms. The maximum absolute atomic E-state index is 10.6. The van der Waals surface area contributed by atoms with Gasteiger partial charge < -0.3 is 10.1 Å². The molecule has 6 nitrogen and oxygen atoms in total. The van der Waals surface area contributed by atoms with Crippen LogP contribution in [0.3, 0.4) is 0 Å². The van der Waals surface area contributed by atoms with Crippen LogP contribution < -0.4 is 15.2 Å². The predicted molar refractivity (Wildman–Crippen MR) is 57.3 cm³/mol. The predicted octanol–water partition coefficient (Wildman–Crippen LogP) is -0.209. The van der Waals surface area contributed by atoms with Crippen LogP contribution in [0.25, 0.3) is 0 Å². The number of rotatable bonds is 5. The first kappa shape index (κ1) is 11.7. The standard InChI is InChI=1S/C8H13N3O3S/c1-14-8-4-2-3-7(11-8)10-5-6-15(9,12)13/h2-4H,5-6H2,1H3,(H,10,11)(H2,9,12,13). The Morgan fingerprint density at radius 1 is 1.53 bits per heavy atom. The average molecular weight is 231 g/mol. The summed E-state index contributed by atoms with van der Waals surface area (Å²) in [6, 6.07) is 5.17. The van der Waals surface area contributed by atoms with Crippen LogP contribution >= 0.6 is 0 Å². The van der Waals surface area contributed by atoms with Crippen molar-refractivity contribution in [1.29, 1.82) is 0 Å². The maximum atomic E-state index is 10.6. The number of anilines is 1. The number of nitrogens with zero attached hydrogens (tertiary/aromatic N) is 1. The highest BCUT2D eigenvalue weighted by Crippen LogP contribution is 2.09. The van der Waals surface area contributed by atoms with Gasteiger partial charge in [0.15, 0.2) is 0 Å². The molecule has 3 N–H and O–H groups in total. The summed E-state index contributed by atoms with van der Waals surface area (Å²) in [4.78, 5) is 4.04. The average Bonchev–Trinajstić information content (AvgIpc) is 2.16. The zero-order valence-electron chi connectivity index (χ0n) is 8.30. The van der Waals surface area contributed by atoms with Crippen molar-refractivity contribution in [3.63, 3.8) is 0 Å². The zero-order chi connectivity index (χ0) is 11.3. The van der Waals surface area contributed by atoms with E-state index in [0.29, 0.717) is 11.7 Å². The van der Waals surface area contributed by atoms with Crippen LogP contribution in [-0.4, -0.2) is 32.8 Å². The molecule has 7 heteroatoms. The Balaban J connectivity index is 2.51. The summed E-state index contributed by atoms with van der Waals surface area (Å²) in [5.74, 6) is 0.889. The van der Waals surface area contributed by atoms with E-state index >= 15 is 0 Å². The van der Waals surface area contributed by atoms with Gasteiger partial charge in [0, 0.05) is 12.6 Å². The molecule has 1 heterocycles. The van der Waals surface area contributed by atoms with Gasteiger partial charge in [-0.3, -0.25) is 0 Å². The summed E-state index contributed by atoms with van der Waals surface area (Å²) in [6.07, 6.45) is 0. The molecule has 0 saturated heterocycles. The highest BCUT2D eigenvalue weighted by molar-refractivity contribution is 7.89. The smallest absolute Gasteiger partial charge is 0.214 e. The van der Waals surface area contributed by atoms with Crippen molar-refractivity contribution < 1.29 is 13.2 Å². The highest BCUT2D eigenvalue weighted by atomic mass is 32.2. The first-order valence-electron chi connectivity index (χ1n) is 4.26. The van der Waals surface area contributed by atoms with E-state index in [1.54, 1.807) is 18.2 Å². The van der Waals surface area contributed by atoms with Gasteiger partial charge in [-0.15, -0.1) is 0 Å². The van der Waals surface area contributed by atoms with Crippen molar-refractivity contribution in [1.82, 2.24) is 4.98 Å². The van der Waals surface area contributed by atoms with Crippen LogP contribution in [0.5, 0.6) is 5.88 Å². The summed E-state index contributed by atoms with van der Waals surface area (Å²) >= 11 is 0. The minimum absolute atomic E-state index is 0.133. The van der Waals surface area contributed by atoms with Gasteiger partial charge in [-0.1, -0.05) is 6.07 Å². The third-order valence-electron chi connectivity index (χ3n) is 1.63. The Morgan fingerprint density at radius 2 is 2.27 bits per heavy atom. The number of pyridine rings is 1. The Labute approximate surface area is 88.5 Å². The fourth-order valence-electron chi connectivity index (χ4n) is 0.948. The summed E-state index contributed by atoms with van der Waals surface area (Å²) < 4.78 is 26.2. The van der Waals surface area contributed by atoms with Gasteiger partial charge in [0.1, 0.15) is 5.82 Å². The normalized spacial score (nSPS) is 11.1. The lowest BCUT2D eigenvalue weighted by molar-refractivity contribution is 0.398. The van der Waals surface area contributed by atoms with Crippen molar-refractivity contribution in [3.8, 4) is 5.88 Å². The number of ether oxygens (including phenoxy) is 1. The third kappa shape index (κ3) is 4.61. The lowest BCUT2D eigenvalue weighted by Crippen LogP contribution is -2.22. The minimum atomic E-state index is -3.43. The van der Waals surface area contributed by atoms with E-state index in [4.69, 9.17) is 9.88 Å². The minimum Gasteiger partial charge on any atom is -0.481 e. The molecule has 1 aromatic rings. The maximum Gasteiger partial charge on any atom is 0.214 e. The third-order valence-corrected chi connectivity index (χ3v) is 2.40. The molecule has 0 bridgehead atoms. The van der Waals surface area contributed by atoms with E-state index in [2.05, 4.69) is 10.3 Å². The Kier molecular flexibility index (Phi) is 3.87. The molecular weight excluding hydrogens is 218 g/mol.